The Hall–Kier alpha value is -1.58. The summed E-state index contributed by atoms with van der Waals surface area (Å²) in [6, 6.07) is 12.6. The minimum atomic E-state index is -0.0143. The molecule has 2 N–H and O–H groups in total. The Balaban J connectivity index is 2.00. The van der Waals surface area contributed by atoms with E-state index < -0.39 is 0 Å². The van der Waals surface area contributed by atoms with Crippen molar-refractivity contribution >= 4 is 0 Å². The molecule has 0 aliphatic rings. The normalized spacial score (nSPS) is 14.3. The standard InChI is InChI=1S/C18H26N2O/c1-15-17(10-12-21-15)13-20(3)18(2,14-19)11-9-16-7-5-4-6-8-16/h4-8,10,12H,9,11,13-14,19H2,1-3H3. The van der Waals surface area contributed by atoms with E-state index in [1.807, 2.05) is 13.0 Å². The first-order valence-corrected chi connectivity index (χ1v) is 7.53. The molecule has 0 amide bonds. The van der Waals surface area contributed by atoms with Gasteiger partial charge in [-0.25, -0.2) is 0 Å². The van der Waals surface area contributed by atoms with Gasteiger partial charge in [-0.2, -0.15) is 0 Å². The molecule has 0 aliphatic heterocycles. The van der Waals surface area contributed by atoms with Crippen molar-refractivity contribution in [3.05, 3.63) is 59.5 Å². The summed E-state index contributed by atoms with van der Waals surface area (Å²) >= 11 is 0. The van der Waals surface area contributed by atoms with Crippen LogP contribution in [0.15, 0.2) is 47.1 Å². The molecule has 0 bridgehead atoms. The number of rotatable bonds is 7. The summed E-state index contributed by atoms with van der Waals surface area (Å²) < 4.78 is 5.38. The highest BCUT2D eigenvalue weighted by Crippen LogP contribution is 2.23. The summed E-state index contributed by atoms with van der Waals surface area (Å²) in [7, 11) is 2.14. The molecule has 114 valence electrons. The highest BCUT2D eigenvalue weighted by molar-refractivity contribution is 5.17. The number of aryl methyl sites for hydroxylation is 2. The van der Waals surface area contributed by atoms with Crippen LogP contribution in [0.25, 0.3) is 0 Å². The quantitative estimate of drug-likeness (QED) is 0.848. The highest BCUT2D eigenvalue weighted by atomic mass is 16.3. The van der Waals surface area contributed by atoms with E-state index in [9.17, 15) is 0 Å². The van der Waals surface area contributed by atoms with Gasteiger partial charge in [0.1, 0.15) is 5.76 Å². The molecule has 3 nitrogen and oxygen atoms in total. The molecule has 0 saturated heterocycles. The molecule has 1 heterocycles. The number of benzene rings is 1. The van der Waals surface area contributed by atoms with Gasteiger partial charge in [0, 0.05) is 24.2 Å². The van der Waals surface area contributed by atoms with Gasteiger partial charge in [0.25, 0.3) is 0 Å². The van der Waals surface area contributed by atoms with Gasteiger partial charge in [0.05, 0.1) is 6.26 Å². The summed E-state index contributed by atoms with van der Waals surface area (Å²) in [5.74, 6) is 0.990. The molecule has 1 aromatic carbocycles. The zero-order valence-corrected chi connectivity index (χ0v) is 13.3. The Kier molecular flexibility index (Phi) is 5.21. The molecule has 2 aromatic rings. The predicted octanol–water partition coefficient (Wildman–Crippen LogP) is 3.37. The second-order valence-electron chi connectivity index (χ2n) is 6.04. The third-order valence-corrected chi connectivity index (χ3v) is 4.53. The van der Waals surface area contributed by atoms with Gasteiger partial charge in [-0.1, -0.05) is 30.3 Å². The molecule has 1 aromatic heterocycles. The van der Waals surface area contributed by atoms with Crippen LogP contribution in [-0.2, 0) is 13.0 Å². The molecule has 21 heavy (non-hydrogen) atoms. The maximum Gasteiger partial charge on any atom is 0.105 e. The van der Waals surface area contributed by atoms with Crippen molar-refractivity contribution in [2.45, 2.75) is 38.8 Å². The van der Waals surface area contributed by atoms with Crippen molar-refractivity contribution in [1.82, 2.24) is 4.90 Å². The fourth-order valence-electron chi connectivity index (χ4n) is 2.53. The van der Waals surface area contributed by atoms with E-state index in [0.717, 1.165) is 25.1 Å². The van der Waals surface area contributed by atoms with E-state index in [1.165, 1.54) is 11.1 Å². The number of hydrogen-bond acceptors (Lipinski definition) is 3. The number of furan rings is 1. The average Bonchev–Trinajstić information content (AvgIpc) is 2.91. The minimum Gasteiger partial charge on any atom is -0.469 e. The molecule has 0 fully saturated rings. The van der Waals surface area contributed by atoms with Crippen LogP contribution in [0, 0.1) is 6.92 Å². The summed E-state index contributed by atoms with van der Waals surface area (Å²) in [4.78, 5) is 2.34. The Morgan fingerprint density at radius 1 is 1.19 bits per heavy atom. The first-order valence-electron chi connectivity index (χ1n) is 7.53. The van der Waals surface area contributed by atoms with Crippen molar-refractivity contribution in [2.75, 3.05) is 13.6 Å². The van der Waals surface area contributed by atoms with Crippen molar-refractivity contribution in [1.29, 1.82) is 0 Å². The van der Waals surface area contributed by atoms with Crippen molar-refractivity contribution in [2.24, 2.45) is 5.73 Å². The molecular weight excluding hydrogens is 260 g/mol. The Morgan fingerprint density at radius 2 is 1.90 bits per heavy atom. The van der Waals surface area contributed by atoms with E-state index in [-0.39, 0.29) is 5.54 Å². The molecule has 0 radical (unpaired) electrons. The van der Waals surface area contributed by atoms with Crippen LogP contribution in [0.1, 0.15) is 30.2 Å². The number of nitrogens with two attached hydrogens (primary N) is 1. The summed E-state index contributed by atoms with van der Waals surface area (Å²) in [5, 5.41) is 0. The molecule has 3 heteroatoms. The average molecular weight is 286 g/mol. The number of nitrogens with zero attached hydrogens (tertiary/aromatic N) is 1. The molecule has 1 unspecified atom stereocenters. The number of hydrogen-bond donors (Lipinski definition) is 1. The maximum absolute atomic E-state index is 6.07. The van der Waals surface area contributed by atoms with E-state index in [2.05, 4.69) is 49.2 Å². The van der Waals surface area contributed by atoms with Crippen LogP contribution in [0.5, 0.6) is 0 Å². The summed E-state index contributed by atoms with van der Waals surface area (Å²) in [6.07, 6.45) is 3.84. The molecule has 0 spiro atoms. The smallest absolute Gasteiger partial charge is 0.105 e. The van der Waals surface area contributed by atoms with Crippen LogP contribution < -0.4 is 5.73 Å². The predicted molar refractivity (Wildman–Crippen MR) is 87.1 cm³/mol. The lowest BCUT2D eigenvalue weighted by Gasteiger charge is -2.38. The fraction of sp³-hybridized carbons (Fsp3) is 0.444. The van der Waals surface area contributed by atoms with Crippen molar-refractivity contribution < 1.29 is 4.42 Å². The largest absolute Gasteiger partial charge is 0.469 e. The van der Waals surface area contributed by atoms with Gasteiger partial charge < -0.3 is 10.2 Å². The second kappa shape index (κ2) is 6.92. The molecule has 0 aliphatic carbocycles. The Bertz CT molecular complexity index is 549. The van der Waals surface area contributed by atoms with Crippen molar-refractivity contribution in [3.8, 4) is 0 Å². The number of likely N-dealkylation sites (N-methyl/N-ethyl adjacent to an activating group) is 1. The maximum atomic E-state index is 6.07. The van der Waals surface area contributed by atoms with Gasteiger partial charge >= 0.3 is 0 Å². The van der Waals surface area contributed by atoms with Crippen LogP contribution >= 0.6 is 0 Å². The van der Waals surface area contributed by atoms with Crippen LogP contribution in [0.2, 0.25) is 0 Å². The lowest BCUT2D eigenvalue weighted by Crippen LogP contribution is -2.49. The SMILES string of the molecule is Cc1occc1CN(C)C(C)(CN)CCc1ccccc1. The lowest BCUT2D eigenvalue weighted by molar-refractivity contribution is 0.126. The first-order chi connectivity index (χ1) is 10.0. The van der Waals surface area contributed by atoms with Gasteiger partial charge in [-0.05, 0) is 45.4 Å². The Labute approximate surface area is 127 Å². The topological polar surface area (TPSA) is 42.4 Å². The molecule has 2 rings (SSSR count). The highest BCUT2D eigenvalue weighted by Gasteiger charge is 2.28. The van der Waals surface area contributed by atoms with Gasteiger partial charge in [-0.15, -0.1) is 0 Å². The van der Waals surface area contributed by atoms with Crippen molar-refractivity contribution in [3.63, 3.8) is 0 Å². The van der Waals surface area contributed by atoms with E-state index in [0.29, 0.717) is 6.54 Å². The summed E-state index contributed by atoms with van der Waals surface area (Å²) in [6.45, 7) is 5.76. The van der Waals surface area contributed by atoms with Crippen LogP contribution in [-0.4, -0.2) is 24.0 Å². The summed E-state index contributed by atoms with van der Waals surface area (Å²) in [5.41, 5.74) is 8.66. The fourth-order valence-corrected chi connectivity index (χ4v) is 2.53. The zero-order chi connectivity index (χ0) is 15.3. The second-order valence-corrected chi connectivity index (χ2v) is 6.04. The monoisotopic (exact) mass is 286 g/mol. The van der Waals surface area contributed by atoms with E-state index in [4.69, 9.17) is 10.2 Å². The van der Waals surface area contributed by atoms with Crippen LogP contribution in [0.3, 0.4) is 0 Å². The lowest BCUT2D eigenvalue weighted by atomic mass is 9.91. The van der Waals surface area contributed by atoms with E-state index in [1.54, 1.807) is 6.26 Å². The van der Waals surface area contributed by atoms with Gasteiger partial charge in [0.15, 0.2) is 0 Å². The molecular formula is C18H26N2O. The third kappa shape index (κ3) is 3.96. The Morgan fingerprint density at radius 3 is 2.48 bits per heavy atom. The minimum absolute atomic E-state index is 0.0143. The van der Waals surface area contributed by atoms with Gasteiger partial charge in [0.2, 0.25) is 0 Å². The third-order valence-electron chi connectivity index (χ3n) is 4.53. The first kappa shape index (κ1) is 15.8. The zero-order valence-electron chi connectivity index (χ0n) is 13.3. The van der Waals surface area contributed by atoms with Crippen LogP contribution in [0.4, 0.5) is 0 Å². The van der Waals surface area contributed by atoms with E-state index >= 15 is 0 Å². The molecule has 1 atom stereocenters. The molecule has 0 saturated carbocycles. The van der Waals surface area contributed by atoms with Gasteiger partial charge in [-0.3, -0.25) is 4.90 Å².